The molecule has 1 heterocycles. The van der Waals surface area contributed by atoms with Crippen molar-refractivity contribution in [3.63, 3.8) is 0 Å². The van der Waals surface area contributed by atoms with Crippen molar-refractivity contribution in [1.82, 2.24) is 20.9 Å². The van der Waals surface area contributed by atoms with Gasteiger partial charge in [-0.2, -0.15) is 0 Å². The molecule has 236 valence electrons. The van der Waals surface area contributed by atoms with E-state index in [9.17, 15) is 39.3 Å². The fourth-order valence-corrected chi connectivity index (χ4v) is 4.67. The van der Waals surface area contributed by atoms with E-state index in [0.717, 1.165) is 16.5 Å². The van der Waals surface area contributed by atoms with Crippen LogP contribution in [0.4, 0.5) is 0 Å². The summed E-state index contributed by atoms with van der Waals surface area (Å²) in [5, 5.41) is 36.7. The topological polar surface area (TPSA) is 250 Å². The number of fused-ring (bicyclic) bond motifs is 1. The van der Waals surface area contributed by atoms with E-state index in [-0.39, 0.29) is 25.0 Å². The van der Waals surface area contributed by atoms with Crippen LogP contribution in [-0.2, 0) is 36.8 Å². The summed E-state index contributed by atoms with van der Waals surface area (Å²) in [6, 6.07) is 7.93. The van der Waals surface area contributed by atoms with Crippen LogP contribution in [0.1, 0.15) is 36.8 Å². The lowest BCUT2D eigenvalue weighted by Gasteiger charge is -2.25. The van der Waals surface area contributed by atoms with Gasteiger partial charge < -0.3 is 47.7 Å². The number of hydrogen-bond donors (Lipinski definition) is 9. The Hall–Kier alpha value is -4.95. The molecule has 2 aromatic carbocycles. The molecule has 0 saturated carbocycles. The minimum atomic E-state index is -1.56. The molecule has 0 spiro atoms. The summed E-state index contributed by atoms with van der Waals surface area (Å²) in [5.41, 5.74) is 13.8. The predicted octanol–water partition coefficient (Wildman–Crippen LogP) is 0.129. The van der Waals surface area contributed by atoms with Crippen molar-refractivity contribution >= 4 is 40.6 Å². The van der Waals surface area contributed by atoms with E-state index < -0.39 is 60.2 Å². The van der Waals surface area contributed by atoms with E-state index in [4.69, 9.17) is 11.5 Å². The number of aromatic nitrogens is 1. The quantitative estimate of drug-likeness (QED) is 0.0934. The van der Waals surface area contributed by atoms with Gasteiger partial charge in [-0.15, -0.1) is 0 Å². The molecule has 14 heteroatoms. The first-order chi connectivity index (χ1) is 21.0. The van der Waals surface area contributed by atoms with E-state index in [0.29, 0.717) is 24.9 Å². The molecule has 44 heavy (non-hydrogen) atoms. The van der Waals surface area contributed by atoms with Gasteiger partial charge in [-0.25, -0.2) is 4.79 Å². The van der Waals surface area contributed by atoms with Crippen molar-refractivity contribution in [2.75, 3.05) is 6.54 Å². The molecule has 4 atom stereocenters. The van der Waals surface area contributed by atoms with Crippen LogP contribution in [0.15, 0.2) is 54.7 Å². The van der Waals surface area contributed by atoms with Gasteiger partial charge in [-0.3, -0.25) is 19.2 Å². The first kappa shape index (κ1) is 33.6. The number of benzene rings is 2. The summed E-state index contributed by atoms with van der Waals surface area (Å²) in [4.78, 5) is 66.0. The van der Waals surface area contributed by atoms with Gasteiger partial charge in [0.2, 0.25) is 17.7 Å². The number of nitrogens with one attached hydrogen (secondary N) is 4. The highest BCUT2D eigenvalue weighted by Crippen LogP contribution is 2.19. The molecule has 11 N–H and O–H groups in total. The monoisotopic (exact) mass is 610 g/mol. The van der Waals surface area contributed by atoms with Gasteiger partial charge in [0.05, 0.1) is 12.5 Å². The largest absolute Gasteiger partial charge is 0.508 e. The zero-order chi connectivity index (χ0) is 32.2. The van der Waals surface area contributed by atoms with Crippen LogP contribution in [0.2, 0.25) is 0 Å². The molecular formula is C30H38N6O8. The summed E-state index contributed by atoms with van der Waals surface area (Å²) in [7, 11) is 0. The van der Waals surface area contributed by atoms with E-state index in [1.54, 1.807) is 6.20 Å². The van der Waals surface area contributed by atoms with Crippen LogP contribution in [0.25, 0.3) is 10.9 Å². The van der Waals surface area contributed by atoms with Crippen molar-refractivity contribution in [3.05, 3.63) is 65.9 Å². The number of hydrogen-bond acceptors (Lipinski definition) is 8. The lowest BCUT2D eigenvalue weighted by molar-refractivity contribution is -0.143. The number of H-pyrrole nitrogens is 1. The third-order valence-electron chi connectivity index (χ3n) is 7.03. The minimum Gasteiger partial charge on any atom is -0.508 e. The Morgan fingerprint density at radius 1 is 0.795 bits per heavy atom. The fourth-order valence-electron chi connectivity index (χ4n) is 4.67. The van der Waals surface area contributed by atoms with Crippen LogP contribution in [0.5, 0.6) is 5.75 Å². The van der Waals surface area contributed by atoms with Crippen LogP contribution in [-0.4, -0.2) is 80.7 Å². The van der Waals surface area contributed by atoms with E-state index >= 15 is 0 Å². The molecule has 3 aromatic rings. The standard InChI is InChI=1S/C30H38N6O8/c31-12-4-3-7-23(28(41)36-25(30(43)44)13-17-8-10-19(37)11-9-17)34-29(42)24(15-26(38)39)35-27(40)21(32)14-18-16-33-22-6-2-1-5-20(18)22/h1-2,5-6,8-11,16,21,23-25,33,37H,3-4,7,12-15,31-32H2,(H,34,42)(H,35,40)(H,36,41)(H,38,39)(H,43,44). The fraction of sp³-hybridized carbons (Fsp3) is 0.367. The highest BCUT2D eigenvalue weighted by Gasteiger charge is 2.31. The first-order valence-corrected chi connectivity index (χ1v) is 14.1. The number of aliphatic carboxylic acids is 2. The normalized spacial score (nSPS) is 13.8. The molecule has 0 aliphatic rings. The van der Waals surface area contributed by atoms with Gasteiger partial charge >= 0.3 is 11.9 Å². The lowest BCUT2D eigenvalue weighted by Crippen LogP contribution is -2.57. The third kappa shape index (κ3) is 9.81. The molecular weight excluding hydrogens is 572 g/mol. The number of aromatic hydroxyl groups is 1. The number of para-hydroxylation sites is 1. The summed E-state index contributed by atoms with van der Waals surface area (Å²) in [6.07, 6.45) is 1.93. The zero-order valence-corrected chi connectivity index (χ0v) is 24.0. The summed E-state index contributed by atoms with van der Waals surface area (Å²) in [6.45, 7) is 0.312. The Balaban J connectivity index is 1.70. The number of unbranched alkanes of at least 4 members (excludes halogenated alkanes) is 1. The molecule has 0 bridgehead atoms. The van der Waals surface area contributed by atoms with Crippen molar-refractivity contribution in [2.45, 2.75) is 62.7 Å². The Bertz CT molecular complexity index is 1460. The van der Waals surface area contributed by atoms with Gasteiger partial charge in [0.15, 0.2) is 0 Å². The average molecular weight is 611 g/mol. The maximum Gasteiger partial charge on any atom is 0.326 e. The third-order valence-corrected chi connectivity index (χ3v) is 7.03. The van der Waals surface area contributed by atoms with Crippen LogP contribution in [0.3, 0.4) is 0 Å². The molecule has 14 nitrogen and oxygen atoms in total. The average Bonchev–Trinajstić information content (AvgIpc) is 3.39. The molecule has 0 fully saturated rings. The van der Waals surface area contributed by atoms with Gasteiger partial charge in [0.25, 0.3) is 0 Å². The molecule has 0 aliphatic heterocycles. The molecule has 3 amide bonds. The van der Waals surface area contributed by atoms with E-state index in [1.807, 2.05) is 24.3 Å². The minimum absolute atomic E-state index is 0.00531. The molecule has 1 aromatic heterocycles. The Labute approximate surface area is 253 Å². The van der Waals surface area contributed by atoms with Crippen LogP contribution < -0.4 is 27.4 Å². The lowest BCUT2D eigenvalue weighted by atomic mass is 10.0. The SMILES string of the molecule is NCCCCC(NC(=O)C(CC(=O)O)NC(=O)C(N)Cc1c[nH]c2ccccc12)C(=O)NC(Cc1ccc(O)cc1)C(=O)O. The predicted molar refractivity (Wildman–Crippen MR) is 160 cm³/mol. The number of carboxylic acid groups (broad SMARTS) is 2. The smallest absolute Gasteiger partial charge is 0.326 e. The summed E-state index contributed by atoms with van der Waals surface area (Å²) < 4.78 is 0. The highest BCUT2D eigenvalue weighted by molar-refractivity contribution is 5.96. The van der Waals surface area contributed by atoms with Crippen molar-refractivity contribution in [3.8, 4) is 5.75 Å². The number of amides is 3. The number of aromatic amines is 1. The van der Waals surface area contributed by atoms with Crippen LogP contribution >= 0.6 is 0 Å². The maximum atomic E-state index is 13.2. The number of nitrogens with two attached hydrogens (primary N) is 2. The second kappa shape index (κ2) is 16.0. The second-order valence-electron chi connectivity index (χ2n) is 10.4. The Kier molecular flexibility index (Phi) is 12.2. The maximum absolute atomic E-state index is 13.2. The summed E-state index contributed by atoms with van der Waals surface area (Å²) in [5.74, 6) is -5.22. The Morgan fingerprint density at radius 3 is 2.09 bits per heavy atom. The number of carboxylic acids is 2. The van der Waals surface area contributed by atoms with Gasteiger partial charge in [0, 0.05) is 23.5 Å². The highest BCUT2D eigenvalue weighted by atomic mass is 16.4. The molecule has 0 saturated heterocycles. The molecule has 0 aliphatic carbocycles. The molecule has 4 unspecified atom stereocenters. The van der Waals surface area contributed by atoms with Crippen molar-refractivity contribution < 1.29 is 39.3 Å². The molecule has 0 radical (unpaired) electrons. The van der Waals surface area contributed by atoms with Crippen molar-refractivity contribution in [2.24, 2.45) is 11.5 Å². The number of phenolic OH excluding ortho intramolecular Hbond substituents is 1. The Morgan fingerprint density at radius 2 is 1.43 bits per heavy atom. The number of phenols is 1. The number of carbonyl (C=O) groups is 5. The van der Waals surface area contributed by atoms with Gasteiger partial charge in [0.1, 0.15) is 23.9 Å². The van der Waals surface area contributed by atoms with E-state index in [1.165, 1.54) is 24.3 Å². The van der Waals surface area contributed by atoms with Gasteiger partial charge in [-0.05, 0) is 61.6 Å². The number of carbonyl (C=O) groups excluding carboxylic acids is 3. The summed E-state index contributed by atoms with van der Waals surface area (Å²) >= 11 is 0. The molecule has 3 rings (SSSR count). The zero-order valence-electron chi connectivity index (χ0n) is 24.0. The first-order valence-electron chi connectivity index (χ1n) is 14.1. The van der Waals surface area contributed by atoms with Crippen molar-refractivity contribution in [1.29, 1.82) is 0 Å². The van der Waals surface area contributed by atoms with Gasteiger partial charge in [-0.1, -0.05) is 30.3 Å². The number of rotatable bonds is 17. The second-order valence-corrected chi connectivity index (χ2v) is 10.4. The van der Waals surface area contributed by atoms with E-state index in [2.05, 4.69) is 20.9 Å². The van der Waals surface area contributed by atoms with Crippen LogP contribution in [0, 0.1) is 0 Å².